The Bertz CT molecular complexity index is 1030. The Kier molecular flexibility index (Phi) is 4.65. The predicted molar refractivity (Wildman–Crippen MR) is 109 cm³/mol. The van der Waals surface area contributed by atoms with Gasteiger partial charge in [-0.15, -0.1) is 11.3 Å². The lowest BCUT2D eigenvalue weighted by atomic mass is 10.1. The average molecular weight is 360 g/mol. The highest BCUT2D eigenvalue weighted by atomic mass is 32.1. The summed E-state index contributed by atoms with van der Waals surface area (Å²) in [6.07, 6.45) is 1.60. The van der Waals surface area contributed by atoms with Gasteiger partial charge in [-0.1, -0.05) is 48.0 Å². The van der Waals surface area contributed by atoms with Crippen LogP contribution in [0, 0.1) is 6.92 Å². The van der Waals surface area contributed by atoms with Gasteiger partial charge in [-0.25, -0.2) is 9.97 Å². The first-order valence-corrected chi connectivity index (χ1v) is 9.38. The molecule has 1 atom stereocenters. The van der Waals surface area contributed by atoms with Gasteiger partial charge < -0.3 is 11.1 Å². The van der Waals surface area contributed by atoms with E-state index in [1.54, 1.807) is 17.7 Å². The van der Waals surface area contributed by atoms with Gasteiger partial charge in [0, 0.05) is 23.4 Å². The fourth-order valence-electron chi connectivity index (χ4n) is 2.91. The van der Waals surface area contributed by atoms with Gasteiger partial charge in [-0.05, 0) is 30.0 Å². The first-order valence-electron chi connectivity index (χ1n) is 8.56. The number of nitrogens with one attached hydrogen (secondary N) is 1. The third-order valence-corrected chi connectivity index (χ3v) is 5.46. The number of hydrogen-bond donors (Lipinski definition) is 2. The van der Waals surface area contributed by atoms with Crippen LogP contribution in [0.1, 0.15) is 17.2 Å². The fraction of sp³-hybridized carbons (Fsp3) is 0.143. The third kappa shape index (κ3) is 3.59. The van der Waals surface area contributed by atoms with E-state index in [2.05, 4.69) is 46.5 Å². The van der Waals surface area contributed by atoms with E-state index in [9.17, 15) is 0 Å². The summed E-state index contributed by atoms with van der Waals surface area (Å²) in [6, 6.07) is 20.7. The van der Waals surface area contributed by atoms with Gasteiger partial charge in [0.1, 0.15) is 12.1 Å². The highest BCUT2D eigenvalue weighted by molar-refractivity contribution is 7.22. The van der Waals surface area contributed by atoms with Crippen molar-refractivity contribution in [3.8, 4) is 10.6 Å². The van der Waals surface area contributed by atoms with E-state index < -0.39 is 0 Å². The molecule has 2 aromatic heterocycles. The molecule has 0 fully saturated rings. The van der Waals surface area contributed by atoms with Crippen LogP contribution in [-0.4, -0.2) is 16.5 Å². The molecule has 0 radical (unpaired) electrons. The van der Waals surface area contributed by atoms with Crippen LogP contribution < -0.4 is 11.1 Å². The maximum Gasteiger partial charge on any atom is 0.130 e. The monoisotopic (exact) mass is 360 g/mol. The van der Waals surface area contributed by atoms with Crippen molar-refractivity contribution in [1.82, 2.24) is 9.97 Å². The zero-order valence-corrected chi connectivity index (χ0v) is 15.3. The number of nitrogens with zero attached hydrogens (tertiary/aromatic N) is 2. The second-order valence-corrected chi connectivity index (χ2v) is 7.42. The van der Waals surface area contributed by atoms with E-state index in [0.717, 1.165) is 22.0 Å². The molecule has 0 amide bonds. The Morgan fingerprint density at radius 3 is 2.73 bits per heavy atom. The quantitative estimate of drug-likeness (QED) is 0.538. The number of fused-ring (bicyclic) bond motifs is 1. The van der Waals surface area contributed by atoms with Gasteiger partial charge in [-0.2, -0.15) is 0 Å². The first-order chi connectivity index (χ1) is 12.7. The van der Waals surface area contributed by atoms with Crippen molar-refractivity contribution >= 4 is 27.2 Å². The van der Waals surface area contributed by atoms with Crippen LogP contribution >= 0.6 is 11.3 Å². The van der Waals surface area contributed by atoms with E-state index in [-0.39, 0.29) is 6.04 Å². The molecule has 3 N–H and O–H groups in total. The maximum absolute atomic E-state index is 6.25. The molecular formula is C21H20N4S. The van der Waals surface area contributed by atoms with Gasteiger partial charge in [0.15, 0.2) is 0 Å². The third-order valence-electron chi connectivity index (χ3n) is 4.32. The molecule has 0 aliphatic carbocycles. The molecule has 0 aliphatic heterocycles. The summed E-state index contributed by atoms with van der Waals surface area (Å²) >= 11 is 1.75. The van der Waals surface area contributed by atoms with Crippen LogP contribution in [0.3, 0.4) is 0 Å². The Labute approximate surface area is 156 Å². The normalized spacial score (nSPS) is 12.2. The molecule has 26 heavy (non-hydrogen) atoms. The summed E-state index contributed by atoms with van der Waals surface area (Å²) in [5, 5.41) is 4.58. The van der Waals surface area contributed by atoms with Crippen LogP contribution in [0.2, 0.25) is 0 Å². The number of anilines is 1. The highest BCUT2D eigenvalue weighted by Crippen LogP contribution is 2.33. The van der Waals surface area contributed by atoms with Crippen molar-refractivity contribution in [2.45, 2.75) is 13.0 Å². The molecule has 130 valence electrons. The minimum atomic E-state index is -0.0816. The summed E-state index contributed by atoms with van der Waals surface area (Å²) in [5.41, 5.74) is 9.55. The highest BCUT2D eigenvalue weighted by Gasteiger charge is 2.09. The molecule has 0 saturated heterocycles. The van der Waals surface area contributed by atoms with Gasteiger partial charge in [0.05, 0.1) is 10.6 Å². The second-order valence-electron chi connectivity index (χ2n) is 6.34. The van der Waals surface area contributed by atoms with Gasteiger partial charge in [0.25, 0.3) is 0 Å². The number of nitrogens with two attached hydrogens (primary N) is 1. The lowest BCUT2D eigenvalue weighted by molar-refractivity contribution is 0.761. The zero-order chi connectivity index (χ0) is 17.9. The number of hydrogen-bond acceptors (Lipinski definition) is 5. The smallest absolute Gasteiger partial charge is 0.130 e. The first kappa shape index (κ1) is 16.7. The maximum atomic E-state index is 6.25. The van der Waals surface area contributed by atoms with E-state index in [0.29, 0.717) is 6.54 Å². The van der Waals surface area contributed by atoms with Crippen molar-refractivity contribution in [2.24, 2.45) is 5.73 Å². The number of rotatable bonds is 5. The lowest BCUT2D eigenvalue weighted by Crippen LogP contribution is -2.20. The van der Waals surface area contributed by atoms with Gasteiger partial charge >= 0.3 is 0 Å². The van der Waals surface area contributed by atoms with E-state index >= 15 is 0 Å². The number of aryl methyl sites for hydroxylation is 1. The summed E-state index contributed by atoms with van der Waals surface area (Å²) in [7, 11) is 0. The largest absolute Gasteiger partial charge is 0.368 e. The van der Waals surface area contributed by atoms with Crippen molar-refractivity contribution < 1.29 is 0 Å². The van der Waals surface area contributed by atoms with Crippen molar-refractivity contribution in [3.63, 3.8) is 0 Å². The molecule has 0 spiro atoms. The molecule has 0 bridgehead atoms. The number of thiophene rings is 1. The molecule has 2 aromatic carbocycles. The van der Waals surface area contributed by atoms with Crippen LogP contribution in [-0.2, 0) is 0 Å². The SMILES string of the molecule is Cc1ccc2sc(-c3cc(NCC(N)c4ccccc4)ncn3)cc2c1. The van der Waals surface area contributed by atoms with Gasteiger partial charge in [-0.3, -0.25) is 0 Å². The Hall–Kier alpha value is -2.76. The van der Waals surface area contributed by atoms with Crippen molar-refractivity contribution in [2.75, 3.05) is 11.9 Å². The average Bonchev–Trinajstić information content (AvgIpc) is 3.10. The molecule has 0 aliphatic rings. The Morgan fingerprint density at radius 2 is 1.88 bits per heavy atom. The Morgan fingerprint density at radius 1 is 1.04 bits per heavy atom. The second kappa shape index (κ2) is 7.23. The standard InChI is InChI=1S/C21H20N4S/c1-14-7-8-19-16(9-14)10-20(26-19)18-11-21(25-13-24-18)23-12-17(22)15-5-3-2-4-6-15/h2-11,13,17H,12,22H2,1H3,(H,23,24,25). The van der Waals surface area contributed by atoms with Crippen LogP contribution in [0.5, 0.6) is 0 Å². The molecule has 4 aromatic rings. The summed E-state index contributed by atoms with van der Waals surface area (Å²) < 4.78 is 1.27. The summed E-state index contributed by atoms with van der Waals surface area (Å²) in [6.45, 7) is 2.73. The molecule has 2 heterocycles. The zero-order valence-electron chi connectivity index (χ0n) is 14.5. The molecule has 5 heteroatoms. The van der Waals surface area contributed by atoms with Crippen LogP contribution in [0.25, 0.3) is 20.7 Å². The molecular weight excluding hydrogens is 340 g/mol. The minimum absolute atomic E-state index is 0.0816. The Balaban J connectivity index is 1.52. The molecule has 4 rings (SSSR count). The number of aromatic nitrogens is 2. The minimum Gasteiger partial charge on any atom is -0.368 e. The van der Waals surface area contributed by atoms with E-state index in [1.165, 1.54) is 15.6 Å². The van der Waals surface area contributed by atoms with Crippen molar-refractivity contribution in [1.29, 1.82) is 0 Å². The summed E-state index contributed by atoms with van der Waals surface area (Å²) in [4.78, 5) is 9.91. The van der Waals surface area contributed by atoms with Gasteiger partial charge in [0.2, 0.25) is 0 Å². The van der Waals surface area contributed by atoms with Crippen LogP contribution in [0.4, 0.5) is 5.82 Å². The topological polar surface area (TPSA) is 63.8 Å². The molecule has 1 unspecified atom stereocenters. The lowest BCUT2D eigenvalue weighted by Gasteiger charge is -2.13. The fourth-order valence-corrected chi connectivity index (χ4v) is 3.92. The molecule has 0 saturated carbocycles. The molecule has 4 nitrogen and oxygen atoms in total. The summed E-state index contributed by atoms with van der Waals surface area (Å²) in [5.74, 6) is 0.787. The van der Waals surface area contributed by atoms with Crippen molar-refractivity contribution in [3.05, 3.63) is 78.1 Å². The van der Waals surface area contributed by atoms with E-state index in [1.807, 2.05) is 36.4 Å². The van der Waals surface area contributed by atoms with E-state index in [4.69, 9.17) is 5.73 Å². The number of benzene rings is 2. The predicted octanol–water partition coefficient (Wildman–Crippen LogP) is 4.78. The van der Waals surface area contributed by atoms with Crippen LogP contribution in [0.15, 0.2) is 67.0 Å².